The third-order valence-electron chi connectivity index (χ3n) is 1.95. The minimum atomic E-state index is -0.779. The second-order valence-corrected chi connectivity index (χ2v) is 2.98. The maximum Gasteiger partial charge on any atom is 0.374 e. The molecular weight excluding hydrogens is 188 g/mol. The number of hydrogen-bond donors (Lipinski definition) is 0. The van der Waals surface area contributed by atoms with E-state index in [9.17, 15) is 9.59 Å². The predicted molar refractivity (Wildman–Crippen MR) is 46.6 cm³/mol. The average molecular weight is 202 g/mol. The van der Waals surface area contributed by atoms with Crippen molar-refractivity contribution in [2.24, 2.45) is 0 Å². The molecule has 5 heteroatoms. The first-order valence-corrected chi connectivity index (χ1v) is 4.58. The number of carbonyl (C=O) groups is 2. The van der Waals surface area contributed by atoms with Crippen LogP contribution in [0.5, 0.6) is 0 Å². The number of ketones is 1. The van der Waals surface area contributed by atoms with E-state index in [0.717, 1.165) is 0 Å². The minimum absolute atomic E-state index is 0.190. The van der Waals surface area contributed by atoms with Crippen LogP contribution in [0, 0.1) is 0 Å². The molecule has 1 saturated heterocycles. The monoisotopic (exact) mass is 202 g/mol. The van der Waals surface area contributed by atoms with Crippen molar-refractivity contribution in [2.45, 2.75) is 25.6 Å². The first-order valence-electron chi connectivity index (χ1n) is 4.58. The first-order chi connectivity index (χ1) is 6.74. The highest BCUT2D eigenvalue weighted by atomic mass is 16.7. The summed E-state index contributed by atoms with van der Waals surface area (Å²) in [5.74, 6) is -1.27. The highest BCUT2D eigenvalue weighted by Gasteiger charge is 2.18. The lowest BCUT2D eigenvalue weighted by atomic mass is 10.2. The fourth-order valence-electron chi connectivity index (χ4n) is 1.22. The molecule has 1 rings (SSSR count). The van der Waals surface area contributed by atoms with Crippen LogP contribution in [0.3, 0.4) is 0 Å². The molecule has 0 aromatic heterocycles. The van der Waals surface area contributed by atoms with Crippen LogP contribution in [-0.2, 0) is 23.8 Å². The number of hydrogen-bond acceptors (Lipinski definition) is 5. The van der Waals surface area contributed by atoms with E-state index in [1.165, 1.54) is 7.11 Å². The van der Waals surface area contributed by atoms with Crippen molar-refractivity contribution in [2.75, 3.05) is 20.3 Å². The molecular formula is C9H14O5. The molecule has 80 valence electrons. The zero-order valence-electron chi connectivity index (χ0n) is 8.15. The van der Waals surface area contributed by atoms with E-state index in [1.807, 2.05) is 0 Å². The van der Waals surface area contributed by atoms with Crippen molar-refractivity contribution >= 4 is 11.8 Å². The third-order valence-corrected chi connectivity index (χ3v) is 1.95. The molecule has 1 aliphatic rings. The van der Waals surface area contributed by atoms with Gasteiger partial charge in [0, 0.05) is 6.42 Å². The summed E-state index contributed by atoms with van der Waals surface area (Å²) in [5.41, 5.74) is 0. The molecule has 1 aliphatic heterocycles. The van der Waals surface area contributed by atoms with Gasteiger partial charge < -0.3 is 14.2 Å². The highest BCUT2D eigenvalue weighted by molar-refractivity contribution is 6.33. The quantitative estimate of drug-likeness (QED) is 0.473. The van der Waals surface area contributed by atoms with Crippen molar-refractivity contribution in [1.82, 2.24) is 0 Å². The molecule has 14 heavy (non-hydrogen) atoms. The molecule has 1 heterocycles. The summed E-state index contributed by atoms with van der Waals surface area (Å²) < 4.78 is 14.6. The minimum Gasteiger partial charge on any atom is -0.463 e. The van der Waals surface area contributed by atoms with Crippen molar-refractivity contribution < 1.29 is 23.8 Å². The van der Waals surface area contributed by atoms with Crippen LogP contribution < -0.4 is 0 Å². The molecule has 0 saturated carbocycles. The van der Waals surface area contributed by atoms with Gasteiger partial charge in [0.25, 0.3) is 0 Å². The van der Waals surface area contributed by atoms with Gasteiger partial charge in [-0.05, 0) is 12.8 Å². The Morgan fingerprint density at radius 3 is 2.57 bits per heavy atom. The summed E-state index contributed by atoms with van der Waals surface area (Å²) in [7, 11) is 1.20. The van der Waals surface area contributed by atoms with Gasteiger partial charge >= 0.3 is 5.97 Å². The number of carbonyl (C=O) groups excluding carboxylic acids is 2. The Kier molecular flexibility index (Phi) is 4.55. The lowest BCUT2D eigenvalue weighted by molar-refractivity contribution is -0.151. The maximum absolute atomic E-state index is 11.0. The maximum atomic E-state index is 11.0. The smallest absolute Gasteiger partial charge is 0.374 e. The molecule has 0 bridgehead atoms. The van der Waals surface area contributed by atoms with E-state index < -0.39 is 11.8 Å². The molecule has 0 radical (unpaired) electrons. The van der Waals surface area contributed by atoms with Crippen molar-refractivity contribution in [1.29, 1.82) is 0 Å². The van der Waals surface area contributed by atoms with Crippen LogP contribution in [0.25, 0.3) is 0 Å². The third kappa shape index (κ3) is 3.43. The largest absolute Gasteiger partial charge is 0.463 e. The van der Waals surface area contributed by atoms with Crippen LogP contribution in [0.1, 0.15) is 19.3 Å². The number of ether oxygens (including phenoxy) is 3. The molecule has 1 fully saturated rings. The molecule has 0 unspecified atom stereocenters. The molecule has 0 spiro atoms. The van der Waals surface area contributed by atoms with Crippen LogP contribution in [0.4, 0.5) is 0 Å². The van der Waals surface area contributed by atoms with Gasteiger partial charge in [-0.1, -0.05) is 0 Å². The molecule has 0 atom stereocenters. The van der Waals surface area contributed by atoms with Gasteiger partial charge in [0.1, 0.15) is 0 Å². The van der Waals surface area contributed by atoms with E-state index in [1.54, 1.807) is 0 Å². The van der Waals surface area contributed by atoms with Gasteiger partial charge in [0.2, 0.25) is 5.78 Å². The van der Waals surface area contributed by atoms with E-state index in [0.29, 0.717) is 26.1 Å². The van der Waals surface area contributed by atoms with Gasteiger partial charge in [0.15, 0.2) is 6.29 Å². The SMILES string of the molecule is COC(=O)C(=O)CCCC1OCCO1. The van der Waals surface area contributed by atoms with Gasteiger partial charge in [-0.3, -0.25) is 4.79 Å². The van der Waals surface area contributed by atoms with Gasteiger partial charge in [-0.2, -0.15) is 0 Å². The number of rotatable bonds is 5. The fraction of sp³-hybridized carbons (Fsp3) is 0.778. The topological polar surface area (TPSA) is 61.8 Å². The Balaban J connectivity index is 2.08. The van der Waals surface area contributed by atoms with E-state index in [2.05, 4.69) is 4.74 Å². The van der Waals surface area contributed by atoms with Crippen molar-refractivity contribution in [3.63, 3.8) is 0 Å². The standard InChI is InChI=1S/C9H14O5/c1-12-9(11)7(10)3-2-4-8-13-5-6-14-8/h8H,2-6H2,1H3. The van der Waals surface area contributed by atoms with Crippen LogP contribution >= 0.6 is 0 Å². The summed E-state index contributed by atoms with van der Waals surface area (Å²) in [4.78, 5) is 21.7. The summed E-state index contributed by atoms with van der Waals surface area (Å²) >= 11 is 0. The zero-order chi connectivity index (χ0) is 10.4. The number of methoxy groups -OCH3 is 1. The lowest BCUT2D eigenvalue weighted by Crippen LogP contribution is -2.16. The van der Waals surface area contributed by atoms with E-state index in [-0.39, 0.29) is 12.7 Å². The zero-order valence-corrected chi connectivity index (χ0v) is 8.15. The number of esters is 1. The van der Waals surface area contributed by atoms with Gasteiger partial charge in [0.05, 0.1) is 20.3 Å². The Labute approximate surface area is 82.3 Å². The van der Waals surface area contributed by atoms with Gasteiger partial charge in [-0.25, -0.2) is 4.79 Å². The number of Topliss-reactive ketones (excluding diaryl/α,β-unsaturated/α-hetero) is 1. The predicted octanol–water partition coefficient (Wildman–Crippen LogP) is 0.272. The summed E-state index contributed by atoms with van der Waals surface area (Å²) in [6.45, 7) is 1.21. The van der Waals surface area contributed by atoms with Gasteiger partial charge in [-0.15, -0.1) is 0 Å². The average Bonchev–Trinajstić information content (AvgIpc) is 2.69. The summed E-state index contributed by atoms with van der Waals surface area (Å²) in [6, 6.07) is 0. The molecule has 0 aromatic carbocycles. The lowest BCUT2D eigenvalue weighted by Gasteiger charge is -2.07. The van der Waals surface area contributed by atoms with E-state index >= 15 is 0 Å². The summed E-state index contributed by atoms with van der Waals surface area (Å²) in [5, 5.41) is 0. The molecule has 0 amide bonds. The molecule has 0 N–H and O–H groups in total. The molecule has 5 nitrogen and oxygen atoms in total. The Hall–Kier alpha value is -0.940. The van der Waals surface area contributed by atoms with E-state index in [4.69, 9.17) is 9.47 Å². The van der Waals surface area contributed by atoms with Crippen LogP contribution in [-0.4, -0.2) is 38.4 Å². The highest BCUT2D eigenvalue weighted by Crippen LogP contribution is 2.11. The summed E-state index contributed by atoms with van der Waals surface area (Å²) in [6.07, 6.45) is 1.21. The molecule has 0 aromatic rings. The molecule has 0 aliphatic carbocycles. The van der Waals surface area contributed by atoms with Crippen molar-refractivity contribution in [3.05, 3.63) is 0 Å². The second-order valence-electron chi connectivity index (χ2n) is 2.98. The Morgan fingerprint density at radius 1 is 1.36 bits per heavy atom. The second kappa shape index (κ2) is 5.72. The first kappa shape index (κ1) is 11.1. The van der Waals surface area contributed by atoms with Crippen molar-refractivity contribution in [3.8, 4) is 0 Å². The fourth-order valence-corrected chi connectivity index (χ4v) is 1.22. The van der Waals surface area contributed by atoms with Crippen LogP contribution in [0.2, 0.25) is 0 Å². The Bertz CT molecular complexity index is 207. The normalized spacial score (nSPS) is 16.9. The Morgan fingerprint density at radius 2 is 2.00 bits per heavy atom. The van der Waals surface area contributed by atoms with Crippen LogP contribution in [0.15, 0.2) is 0 Å².